The molecular formula is C14H17F2N3O2. The third kappa shape index (κ3) is 4.57. The summed E-state index contributed by atoms with van der Waals surface area (Å²) < 4.78 is 30.3. The predicted molar refractivity (Wildman–Crippen MR) is 72.8 cm³/mol. The molecule has 5 nitrogen and oxygen atoms in total. The highest BCUT2D eigenvalue weighted by Crippen LogP contribution is 2.19. The number of aryl methyl sites for hydroxylation is 1. The van der Waals surface area contributed by atoms with Crippen molar-refractivity contribution in [2.75, 3.05) is 19.7 Å². The number of alkyl halides is 2. The van der Waals surface area contributed by atoms with Crippen LogP contribution < -0.4 is 0 Å². The minimum Gasteiger partial charge on any atom is -0.419 e. The number of hydrogen-bond donors (Lipinski definition) is 1. The number of aliphatic hydroxyl groups is 1. The van der Waals surface area contributed by atoms with Gasteiger partial charge in [0.15, 0.2) is 0 Å². The monoisotopic (exact) mass is 297 g/mol. The Kier molecular flexibility index (Phi) is 5.35. The number of benzene rings is 1. The van der Waals surface area contributed by atoms with Gasteiger partial charge in [-0.2, -0.15) is 0 Å². The zero-order valence-corrected chi connectivity index (χ0v) is 11.7. The largest absolute Gasteiger partial charge is 0.419 e. The number of nitrogens with zero attached hydrogens (tertiary/aromatic N) is 3. The van der Waals surface area contributed by atoms with Crippen molar-refractivity contribution < 1.29 is 18.3 Å². The zero-order chi connectivity index (χ0) is 15.2. The summed E-state index contributed by atoms with van der Waals surface area (Å²) in [6.07, 6.45) is -2.48. The summed E-state index contributed by atoms with van der Waals surface area (Å²) in [5.74, 6) is 0.602. The average molecular weight is 297 g/mol. The Morgan fingerprint density at radius 1 is 1.24 bits per heavy atom. The molecule has 0 spiro atoms. The third-order valence-corrected chi connectivity index (χ3v) is 2.94. The predicted octanol–water partition coefficient (Wildman–Crippen LogP) is 2.10. The van der Waals surface area contributed by atoms with E-state index < -0.39 is 13.0 Å². The molecule has 1 heterocycles. The van der Waals surface area contributed by atoms with Crippen molar-refractivity contribution >= 4 is 0 Å². The van der Waals surface area contributed by atoms with Gasteiger partial charge in [-0.15, -0.1) is 10.2 Å². The molecular weight excluding hydrogens is 280 g/mol. The van der Waals surface area contributed by atoms with Gasteiger partial charge in [0.25, 0.3) is 6.43 Å². The molecule has 0 bridgehead atoms. The summed E-state index contributed by atoms with van der Waals surface area (Å²) in [5, 5.41) is 16.7. The molecule has 0 aliphatic heterocycles. The Hall–Kier alpha value is -1.86. The smallest absolute Gasteiger partial charge is 0.251 e. The molecule has 1 N–H and O–H groups in total. The normalized spacial score (nSPS) is 11.5. The lowest BCUT2D eigenvalue weighted by atomic mass is 10.1. The third-order valence-electron chi connectivity index (χ3n) is 2.94. The number of halogens is 2. The Morgan fingerprint density at radius 3 is 2.57 bits per heavy atom. The molecule has 0 fully saturated rings. The van der Waals surface area contributed by atoms with Gasteiger partial charge in [0.2, 0.25) is 11.8 Å². The molecule has 0 unspecified atom stereocenters. The Labute approximate surface area is 121 Å². The summed E-state index contributed by atoms with van der Waals surface area (Å²) >= 11 is 0. The van der Waals surface area contributed by atoms with E-state index in [4.69, 9.17) is 9.52 Å². The summed E-state index contributed by atoms with van der Waals surface area (Å²) in [7, 11) is 0. The lowest BCUT2D eigenvalue weighted by Crippen LogP contribution is -2.31. The van der Waals surface area contributed by atoms with Crippen LogP contribution in [0.5, 0.6) is 0 Å². The minimum absolute atomic E-state index is 0.0871. The molecule has 0 atom stereocenters. The van der Waals surface area contributed by atoms with E-state index in [9.17, 15) is 8.78 Å². The molecule has 0 saturated carbocycles. The molecule has 2 rings (SSSR count). The van der Waals surface area contributed by atoms with E-state index in [1.54, 1.807) is 0 Å². The molecule has 1 aromatic carbocycles. The minimum atomic E-state index is -2.48. The van der Waals surface area contributed by atoms with Crippen LogP contribution in [0, 0.1) is 6.92 Å². The van der Waals surface area contributed by atoms with Crippen molar-refractivity contribution in [3.05, 3.63) is 35.7 Å². The fourth-order valence-electron chi connectivity index (χ4n) is 1.89. The molecule has 0 aliphatic carbocycles. The van der Waals surface area contributed by atoms with Gasteiger partial charge in [-0.3, -0.25) is 4.90 Å². The summed E-state index contributed by atoms with van der Waals surface area (Å²) in [6.45, 7) is 1.55. The molecule has 7 heteroatoms. The SMILES string of the molecule is Cc1ccc(-c2nnc(CN(CCO)CC(F)F)o2)cc1. The maximum absolute atomic E-state index is 12.4. The van der Waals surface area contributed by atoms with Crippen molar-refractivity contribution in [2.24, 2.45) is 0 Å². The highest BCUT2D eigenvalue weighted by atomic mass is 19.3. The van der Waals surface area contributed by atoms with E-state index in [-0.39, 0.29) is 25.6 Å². The van der Waals surface area contributed by atoms with E-state index in [2.05, 4.69) is 10.2 Å². The fourth-order valence-corrected chi connectivity index (χ4v) is 1.89. The quantitative estimate of drug-likeness (QED) is 0.848. The standard InChI is InChI=1S/C14H17F2N3O2/c1-10-2-4-11(5-3-10)14-18-17-13(21-14)9-19(6-7-20)8-12(15)16/h2-5,12,20H,6-9H2,1H3. The van der Waals surface area contributed by atoms with Gasteiger partial charge in [0, 0.05) is 12.1 Å². The van der Waals surface area contributed by atoms with Crippen molar-refractivity contribution in [3.8, 4) is 11.5 Å². The molecule has 21 heavy (non-hydrogen) atoms. The maximum atomic E-state index is 12.4. The molecule has 2 aromatic rings. The van der Waals surface area contributed by atoms with Gasteiger partial charge in [-0.25, -0.2) is 8.78 Å². The van der Waals surface area contributed by atoms with Crippen LogP contribution in [0.4, 0.5) is 8.78 Å². The van der Waals surface area contributed by atoms with Crippen molar-refractivity contribution in [1.29, 1.82) is 0 Å². The number of aliphatic hydroxyl groups excluding tert-OH is 1. The first-order chi connectivity index (χ1) is 10.1. The van der Waals surface area contributed by atoms with Crippen LogP contribution in [0.2, 0.25) is 0 Å². The number of aromatic nitrogens is 2. The highest BCUT2D eigenvalue weighted by molar-refractivity contribution is 5.52. The maximum Gasteiger partial charge on any atom is 0.251 e. The molecule has 0 saturated heterocycles. The fraction of sp³-hybridized carbons (Fsp3) is 0.429. The number of hydrogen-bond acceptors (Lipinski definition) is 5. The Balaban J connectivity index is 2.06. The van der Waals surface area contributed by atoms with E-state index in [0.29, 0.717) is 5.89 Å². The zero-order valence-electron chi connectivity index (χ0n) is 11.7. The lowest BCUT2D eigenvalue weighted by molar-refractivity contribution is 0.0704. The number of rotatable bonds is 7. The molecule has 0 radical (unpaired) electrons. The molecule has 0 amide bonds. The van der Waals surface area contributed by atoms with E-state index in [1.807, 2.05) is 31.2 Å². The van der Waals surface area contributed by atoms with Gasteiger partial charge in [-0.05, 0) is 19.1 Å². The van der Waals surface area contributed by atoms with Crippen molar-refractivity contribution in [1.82, 2.24) is 15.1 Å². The Morgan fingerprint density at radius 2 is 1.95 bits per heavy atom. The first kappa shape index (κ1) is 15.5. The first-order valence-electron chi connectivity index (χ1n) is 6.59. The van der Waals surface area contributed by atoms with Crippen LogP contribution in [0.3, 0.4) is 0 Å². The van der Waals surface area contributed by atoms with E-state index >= 15 is 0 Å². The second-order valence-electron chi connectivity index (χ2n) is 4.72. The van der Waals surface area contributed by atoms with Crippen LogP contribution in [-0.4, -0.2) is 46.3 Å². The van der Waals surface area contributed by atoms with Gasteiger partial charge in [0.1, 0.15) is 0 Å². The van der Waals surface area contributed by atoms with E-state index in [1.165, 1.54) is 4.90 Å². The second-order valence-corrected chi connectivity index (χ2v) is 4.72. The molecule has 114 valence electrons. The summed E-state index contributed by atoms with van der Waals surface area (Å²) in [5.41, 5.74) is 1.89. The van der Waals surface area contributed by atoms with Gasteiger partial charge < -0.3 is 9.52 Å². The lowest BCUT2D eigenvalue weighted by Gasteiger charge is -2.18. The first-order valence-corrected chi connectivity index (χ1v) is 6.59. The highest BCUT2D eigenvalue weighted by Gasteiger charge is 2.16. The topological polar surface area (TPSA) is 62.4 Å². The molecule has 0 aliphatic rings. The van der Waals surface area contributed by atoms with Crippen molar-refractivity contribution in [3.63, 3.8) is 0 Å². The van der Waals surface area contributed by atoms with Gasteiger partial charge >= 0.3 is 0 Å². The second kappa shape index (κ2) is 7.24. The van der Waals surface area contributed by atoms with Crippen molar-refractivity contribution in [2.45, 2.75) is 19.9 Å². The summed E-state index contributed by atoms with van der Waals surface area (Å²) in [6, 6.07) is 7.57. The van der Waals surface area contributed by atoms with Crippen LogP contribution in [-0.2, 0) is 6.54 Å². The van der Waals surface area contributed by atoms with Crippen LogP contribution in [0.25, 0.3) is 11.5 Å². The van der Waals surface area contributed by atoms with Gasteiger partial charge in [-0.1, -0.05) is 17.7 Å². The van der Waals surface area contributed by atoms with Gasteiger partial charge in [0.05, 0.1) is 19.7 Å². The Bertz CT molecular complexity index is 558. The van der Waals surface area contributed by atoms with Crippen LogP contribution >= 0.6 is 0 Å². The summed E-state index contributed by atoms with van der Waals surface area (Å²) in [4.78, 5) is 1.37. The molecule has 1 aromatic heterocycles. The van der Waals surface area contributed by atoms with Crippen LogP contribution in [0.15, 0.2) is 28.7 Å². The average Bonchev–Trinajstić information content (AvgIpc) is 2.87. The van der Waals surface area contributed by atoms with E-state index in [0.717, 1.165) is 11.1 Å². The van der Waals surface area contributed by atoms with Crippen LogP contribution in [0.1, 0.15) is 11.5 Å².